The zero-order valence-electron chi connectivity index (χ0n) is 22.7. The quantitative estimate of drug-likeness (QED) is 0.204. The molecule has 2 amide bonds. The van der Waals surface area contributed by atoms with Gasteiger partial charge in [-0.3, -0.25) is 14.5 Å². The van der Waals surface area contributed by atoms with Crippen molar-refractivity contribution in [3.05, 3.63) is 87.0 Å². The van der Waals surface area contributed by atoms with Crippen molar-refractivity contribution in [3.8, 4) is 0 Å². The minimum absolute atomic E-state index is 0.338. The first-order valence-corrected chi connectivity index (χ1v) is 14.2. The van der Waals surface area contributed by atoms with Crippen LogP contribution in [0.3, 0.4) is 0 Å². The summed E-state index contributed by atoms with van der Waals surface area (Å²) in [6, 6.07) is 13.1. The molecule has 1 aromatic heterocycles. The van der Waals surface area contributed by atoms with Gasteiger partial charge in [0.1, 0.15) is 10.8 Å². The third-order valence-electron chi connectivity index (χ3n) is 6.49. The average molecular weight is 567 g/mol. The third kappa shape index (κ3) is 8.04. The lowest BCUT2D eigenvalue weighted by molar-refractivity contribution is 0.0793. The maximum Gasteiger partial charge on any atom is 0.274 e. The van der Waals surface area contributed by atoms with Crippen LogP contribution in [-0.2, 0) is 19.4 Å². The smallest absolute Gasteiger partial charge is 0.274 e. The largest absolute Gasteiger partial charge is 0.392 e. The average Bonchev–Trinajstić information content (AvgIpc) is 3.26. The Morgan fingerprint density at radius 1 is 1.05 bits per heavy atom. The standard InChI is InChI=1S/C30H35FN4O4S/c1-19(36)16-35(17-20(2)37)18-22-8-5-9-23(13-22)28(38)33-30-27(25-11-3-4-12-26(25)40-30)29(39)34-32-15-21-7-6-10-24(31)14-21/h5-10,13-15,19-20,36-37H,3-4,11-12,16-18H2,1-2H3,(H,33,38)(H,34,39)/b32-15+. The summed E-state index contributed by atoms with van der Waals surface area (Å²) < 4.78 is 13.5. The number of aryl methyl sites for hydroxylation is 1. The van der Waals surface area contributed by atoms with Crippen molar-refractivity contribution in [1.29, 1.82) is 0 Å². The number of rotatable bonds is 11. The fraction of sp³-hybridized carbons (Fsp3) is 0.367. The number of fused-ring (bicyclic) bond motifs is 1. The Hall–Kier alpha value is -3.44. The maximum absolute atomic E-state index is 13.5. The van der Waals surface area contributed by atoms with Gasteiger partial charge >= 0.3 is 0 Å². The van der Waals surface area contributed by atoms with E-state index in [0.29, 0.717) is 41.3 Å². The predicted molar refractivity (Wildman–Crippen MR) is 155 cm³/mol. The van der Waals surface area contributed by atoms with Gasteiger partial charge in [0.25, 0.3) is 11.8 Å². The van der Waals surface area contributed by atoms with E-state index in [0.717, 1.165) is 41.7 Å². The number of aliphatic hydroxyl groups excluding tert-OH is 2. The summed E-state index contributed by atoms with van der Waals surface area (Å²) in [4.78, 5) is 29.6. The summed E-state index contributed by atoms with van der Waals surface area (Å²) in [5, 5.41) is 27.1. The highest BCUT2D eigenvalue weighted by Crippen LogP contribution is 2.38. The zero-order chi connectivity index (χ0) is 28.6. The monoisotopic (exact) mass is 566 g/mol. The summed E-state index contributed by atoms with van der Waals surface area (Å²) in [5.74, 6) is -1.16. The van der Waals surface area contributed by atoms with E-state index in [1.54, 1.807) is 44.2 Å². The topological polar surface area (TPSA) is 114 Å². The number of aliphatic hydroxyl groups is 2. The number of hydrazone groups is 1. The van der Waals surface area contributed by atoms with Crippen molar-refractivity contribution in [2.75, 3.05) is 18.4 Å². The molecule has 4 N–H and O–H groups in total. The fourth-order valence-electron chi connectivity index (χ4n) is 4.90. The van der Waals surface area contributed by atoms with E-state index >= 15 is 0 Å². The van der Waals surface area contributed by atoms with E-state index in [4.69, 9.17) is 0 Å². The fourth-order valence-corrected chi connectivity index (χ4v) is 6.18. The van der Waals surface area contributed by atoms with Crippen molar-refractivity contribution < 1.29 is 24.2 Å². The van der Waals surface area contributed by atoms with Crippen molar-refractivity contribution in [1.82, 2.24) is 10.3 Å². The Morgan fingerprint density at radius 3 is 2.50 bits per heavy atom. The first-order valence-electron chi connectivity index (χ1n) is 13.4. The summed E-state index contributed by atoms with van der Waals surface area (Å²) in [7, 11) is 0. The van der Waals surface area contributed by atoms with Crippen molar-refractivity contribution in [2.24, 2.45) is 5.10 Å². The number of thiophene rings is 1. The van der Waals surface area contributed by atoms with Crippen molar-refractivity contribution >= 4 is 34.4 Å². The van der Waals surface area contributed by atoms with Crippen molar-refractivity contribution in [3.63, 3.8) is 0 Å². The number of amides is 2. The van der Waals surface area contributed by atoms with E-state index in [2.05, 4.69) is 15.8 Å². The summed E-state index contributed by atoms with van der Waals surface area (Å²) >= 11 is 1.42. The van der Waals surface area contributed by atoms with Crippen LogP contribution in [0.4, 0.5) is 9.39 Å². The number of hydrogen-bond donors (Lipinski definition) is 4. The van der Waals surface area contributed by atoms with Gasteiger partial charge < -0.3 is 15.5 Å². The molecule has 0 saturated heterocycles. The molecular formula is C30H35FN4O4S. The minimum atomic E-state index is -0.558. The van der Waals surface area contributed by atoms with Crippen molar-refractivity contribution in [2.45, 2.75) is 58.3 Å². The normalized spacial score (nSPS) is 14.7. The third-order valence-corrected chi connectivity index (χ3v) is 7.70. The molecule has 0 fully saturated rings. The lowest BCUT2D eigenvalue weighted by Crippen LogP contribution is -2.35. The summed E-state index contributed by atoms with van der Waals surface area (Å²) in [6.45, 7) is 4.63. The molecule has 0 saturated carbocycles. The highest BCUT2D eigenvalue weighted by molar-refractivity contribution is 7.17. The van der Waals surface area contributed by atoms with Crippen LogP contribution in [0.1, 0.15) is 69.0 Å². The van der Waals surface area contributed by atoms with Crippen LogP contribution < -0.4 is 10.7 Å². The van der Waals surface area contributed by atoms with Crippen LogP contribution >= 0.6 is 11.3 Å². The lowest BCUT2D eigenvalue weighted by atomic mass is 9.95. The first-order chi connectivity index (χ1) is 19.2. The van der Waals surface area contributed by atoms with E-state index in [9.17, 15) is 24.2 Å². The van der Waals surface area contributed by atoms with E-state index in [1.807, 2.05) is 11.0 Å². The number of nitrogens with one attached hydrogen (secondary N) is 2. The van der Waals surface area contributed by atoms with Gasteiger partial charge in [-0.25, -0.2) is 9.82 Å². The molecule has 40 heavy (non-hydrogen) atoms. The molecule has 0 bridgehead atoms. The molecule has 0 radical (unpaired) electrons. The number of benzene rings is 2. The maximum atomic E-state index is 13.5. The Kier molecular flexibility index (Phi) is 10.2. The molecular weight excluding hydrogens is 531 g/mol. The highest BCUT2D eigenvalue weighted by Gasteiger charge is 2.26. The number of carbonyl (C=O) groups excluding carboxylic acids is 2. The molecule has 8 nitrogen and oxygen atoms in total. The van der Waals surface area contributed by atoms with Crippen LogP contribution in [0.5, 0.6) is 0 Å². The molecule has 212 valence electrons. The van der Waals surface area contributed by atoms with E-state index in [1.165, 1.54) is 29.7 Å². The Labute approximate surface area is 237 Å². The highest BCUT2D eigenvalue weighted by atomic mass is 32.1. The van der Waals surface area contributed by atoms with Gasteiger partial charge in [0.15, 0.2) is 0 Å². The second kappa shape index (κ2) is 13.8. The van der Waals surface area contributed by atoms with Crippen LogP contribution in [0.25, 0.3) is 0 Å². The number of hydrogen-bond acceptors (Lipinski definition) is 7. The predicted octanol–water partition coefficient (Wildman–Crippen LogP) is 4.35. The molecule has 1 aliphatic rings. The van der Waals surface area contributed by atoms with E-state index < -0.39 is 23.9 Å². The minimum Gasteiger partial charge on any atom is -0.392 e. The van der Waals surface area contributed by atoms with Crippen LogP contribution in [0.15, 0.2) is 53.6 Å². The molecule has 2 atom stereocenters. The number of halogens is 1. The Bertz CT molecular complexity index is 1360. The van der Waals surface area contributed by atoms with Gasteiger partial charge in [-0.05, 0) is 80.5 Å². The summed E-state index contributed by atoms with van der Waals surface area (Å²) in [5.41, 5.74) is 5.71. The Morgan fingerprint density at radius 2 is 1.77 bits per heavy atom. The zero-order valence-corrected chi connectivity index (χ0v) is 23.5. The second-order valence-corrected chi connectivity index (χ2v) is 11.3. The molecule has 2 unspecified atom stereocenters. The lowest BCUT2D eigenvalue weighted by Gasteiger charge is -2.25. The molecule has 0 spiro atoms. The SMILES string of the molecule is CC(O)CN(Cc1cccc(C(=O)Nc2sc3c(c2C(=O)N/N=C/c2cccc(F)c2)CCCC3)c1)CC(C)O. The van der Waals surface area contributed by atoms with E-state index in [-0.39, 0.29) is 5.91 Å². The van der Waals surface area contributed by atoms with Crippen LogP contribution in [-0.4, -0.2) is 58.4 Å². The molecule has 0 aliphatic heterocycles. The molecule has 1 aliphatic carbocycles. The van der Waals surface area contributed by atoms with Gasteiger partial charge in [0, 0.05) is 30.1 Å². The second-order valence-electron chi connectivity index (χ2n) is 10.2. The molecule has 4 rings (SSSR count). The van der Waals surface area contributed by atoms with Gasteiger partial charge in [0.2, 0.25) is 0 Å². The van der Waals surface area contributed by atoms with Gasteiger partial charge in [0.05, 0.1) is 24.0 Å². The van der Waals surface area contributed by atoms with Crippen LogP contribution in [0.2, 0.25) is 0 Å². The van der Waals surface area contributed by atoms with Crippen LogP contribution in [0, 0.1) is 5.82 Å². The first kappa shape index (κ1) is 29.5. The number of nitrogens with zero attached hydrogens (tertiary/aromatic N) is 2. The van der Waals surface area contributed by atoms with Gasteiger partial charge in [-0.1, -0.05) is 24.3 Å². The molecule has 3 aromatic rings. The molecule has 1 heterocycles. The van der Waals surface area contributed by atoms with Gasteiger partial charge in [-0.15, -0.1) is 11.3 Å². The van der Waals surface area contributed by atoms with Gasteiger partial charge in [-0.2, -0.15) is 5.10 Å². The number of anilines is 1. The summed E-state index contributed by atoms with van der Waals surface area (Å²) in [6.07, 6.45) is 3.84. The molecule has 10 heteroatoms. The Balaban J connectivity index is 1.51. The molecule has 2 aromatic carbocycles. The number of carbonyl (C=O) groups is 2.